The zero-order chi connectivity index (χ0) is 23.8. The number of fused-ring (bicyclic) bond motifs is 1. The first kappa shape index (κ1) is 23.6. The lowest BCUT2D eigenvalue weighted by Gasteiger charge is -2.29. The Morgan fingerprint density at radius 3 is 2.79 bits per heavy atom. The van der Waals surface area contributed by atoms with Crippen LogP contribution in [0, 0.1) is 0 Å². The fourth-order valence-electron chi connectivity index (χ4n) is 4.26. The normalized spacial score (nSPS) is 24.9. The highest BCUT2D eigenvalue weighted by atomic mass is 32.1. The second-order valence-corrected chi connectivity index (χ2v) is 10.0. The predicted molar refractivity (Wildman–Crippen MR) is 124 cm³/mol. The number of aliphatic hydroxyl groups is 3. The molecule has 4 heterocycles. The Morgan fingerprint density at radius 2 is 2.15 bits per heavy atom. The molecule has 0 aliphatic carbocycles. The average Bonchev–Trinajstić information content (AvgIpc) is 3.46. The fourth-order valence-corrected chi connectivity index (χ4v) is 5.20. The molecule has 1 saturated heterocycles. The van der Waals surface area contributed by atoms with E-state index in [4.69, 9.17) is 10.5 Å². The van der Waals surface area contributed by atoms with Gasteiger partial charge in [-0.2, -0.15) is 0 Å². The van der Waals surface area contributed by atoms with E-state index in [9.17, 15) is 20.1 Å². The topological polar surface area (TPSA) is 157 Å². The number of nitrogens with two attached hydrogens (primary N) is 1. The molecule has 1 fully saturated rings. The largest absolute Gasteiger partial charge is 0.394 e. The molecule has 12 heteroatoms. The number of aromatic nitrogens is 2. The summed E-state index contributed by atoms with van der Waals surface area (Å²) < 4.78 is 5.74. The Labute approximate surface area is 195 Å². The van der Waals surface area contributed by atoms with E-state index in [1.807, 2.05) is 16.3 Å². The van der Waals surface area contributed by atoms with Gasteiger partial charge in [0.25, 0.3) is 0 Å². The Balaban J connectivity index is 1.65. The molecular formula is C21H30N6O5S. The van der Waals surface area contributed by atoms with Crippen LogP contribution in [0.5, 0.6) is 0 Å². The number of carbonyl (C=O) groups is 1. The van der Waals surface area contributed by atoms with Gasteiger partial charge in [0.05, 0.1) is 13.3 Å². The van der Waals surface area contributed by atoms with Gasteiger partial charge in [0.2, 0.25) is 5.91 Å². The van der Waals surface area contributed by atoms with Crippen molar-refractivity contribution in [3.8, 4) is 0 Å². The van der Waals surface area contributed by atoms with E-state index in [0.29, 0.717) is 23.9 Å². The van der Waals surface area contributed by atoms with E-state index in [-0.39, 0.29) is 18.6 Å². The lowest BCUT2D eigenvalue weighted by atomic mass is 9.99. The maximum Gasteiger partial charge on any atom is 0.219 e. The maximum atomic E-state index is 11.5. The van der Waals surface area contributed by atoms with Gasteiger partial charge >= 0.3 is 0 Å². The number of aliphatic hydroxyl groups excluding tert-OH is 3. The number of rotatable bonds is 9. The van der Waals surface area contributed by atoms with Crippen LogP contribution in [0.4, 0.5) is 17.3 Å². The summed E-state index contributed by atoms with van der Waals surface area (Å²) in [6.07, 6.45) is -1.97. The van der Waals surface area contributed by atoms with Gasteiger partial charge in [-0.1, -0.05) is 6.07 Å². The first-order valence-corrected chi connectivity index (χ1v) is 11.7. The monoisotopic (exact) mass is 478 g/mol. The van der Waals surface area contributed by atoms with Crippen LogP contribution in [0.1, 0.15) is 25.1 Å². The number of nitrogens with zero attached hydrogens (tertiary/aromatic N) is 4. The van der Waals surface area contributed by atoms with Crippen molar-refractivity contribution in [1.29, 1.82) is 0 Å². The van der Waals surface area contributed by atoms with E-state index >= 15 is 0 Å². The third-order valence-electron chi connectivity index (χ3n) is 5.82. The van der Waals surface area contributed by atoms with Crippen molar-refractivity contribution in [1.82, 2.24) is 9.97 Å². The molecule has 0 saturated carbocycles. The van der Waals surface area contributed by atoms with Crippen LogP contribution in [0.15, 0.2) is 23.8 Å². The van der Waals surface area contributed by atoms with E-state index < -0.39 is 37.1 Å². The molecule has 2 aliphatic rings. The van der Waals surface area contributed by atoms with Crippen molar-refractivity contribution >= 4 is 34.6 Å². The number of nitrogens with one attached hydrogen (secondary N) is 1. The molecule has 1 amide bonds. The standard InChI is InChI=1S/C21H30N6O5S/c1-21(2,8-12-4-3-7-33-12)25-18-15-19(24-10-23-18)27(11-26(15)6-5-14(22)29)20-17(31)16(30)13(9-28)32-20/h3-4,7,10,13,16-17,20,28,30-31H,5-6,8-9,11H2,1-2H3,(H2,22,29)(H,23,24,25)/t13-,16?,17?,20-/m1/s1. The van der Waals surface area contributed by atoms with E-state index in [1.165, 1.54) is 11.2 Å². The number of hydrogen-bond donors (Lipinski definition) is 5. The molecule has 33 heavy (non-hydrogen) atoms. The van der Waals surface area contributed by atoms with Crippen LogP contribution in [-0.4, -0.2) is 81.1 Å². The molecule has 0 bridgehead atoms. The summed E-state index contributed by atoms with van der Waals surface area (Å²) in [7, 11) is 0. The predicted octanol–water partition coefficient (Wildman–Crippen LogP) is -0.130. The minimum atomic E-state index is -1.24. The molecule has 0 spiro atoms. The van der Waals surface area contributed by atoms with Gasteiger partial charge in [0, 0.05) is 29.8 Å². The smallest absolute Gasteiger partial charge is 0.219 e. The summed E-state index contributed by atoms with van der Waals surface area (Å²) in [5, 5.41) is 35.8. The molecule has 2 unspecified atom stereocenters. The third kappa shape index (κ3) is 4.89. The minimum Gasteiger partial charge on any atom is -0.394 e. The Bertz CT molecular complexity index is 974. The zero-order valence-corrected chi connectivity index (χ0v) is 19.4. The fraction of sp³-hybridized carbons (Fsp3) is 0.571. The van der Waals surface area contributed by atoms with Crippen molar-refractivity contribution < 1.29 is 24.9 Å². The van der Waals surface area contributed by atoms with Crippen LogP contribution < -0.4 is 20.9 Å². The summed E-state index contributed by atoms with van der Waals surface area (Å²) in [5.41, 5.74) is 5.72. The highest BCUT2D eigenvalue weighted by molar-refractivity contribution is 7.09. The molecule has 2 aromatic heterocycles. The summed E-state index contributed by atoms with van der Waals surface area (Å²) >= 11 is 1.69. The van der Waals surface area contributed by atoms with Gasteiger partial charge in [-0.05, 0) is 25.3 Å². The SMILES string of the molecule is CC(C)(Cc1cccs1)Nc1ncnc2c1N(CCC(N)=O)CN2[C@@H]1O[C@H](CO)C(O)C1O. The van der Waals surface area contributed by atoms with Crippen LogP contribution in [0.2, 0.25) is 0 Å². The van der Waals surface area contributed by atoms with E-state index in [0.717, 1.165) is 6.42 Å². The number of thiophene rings is 1. The molecule has 180 valence electrons. The van der Waals surface area contributed by atoms with Crippen LogP contribution in [-0.2, 0) is 16.0 Å². The molecule has 11 nitrogen and oxygen atoms in total. The summed E-state index contributed by atoms with van der Waals surface area (Å²) in [6, 6.07) is 4.10. The number of carbonyl (C=O) groups excluding carboxylic acids is 1. The summed E-state index contributed by atoms with van der Waals surface area (Å²) in [6.45, 7) is 4.30. The van der Waals surface area contributed by atoms with E-state index in [2.05, 4.69) is 35.2 Å². The lowest BCUT2D eigenvalue weighted by molar-refractivity contribution is -0.117. The second-order valence-electron chi connectivity index (χ2n) is 8.98. The number of amides is 1. The van der Waals surface area contributed by atoms with Crippen molar-refractivity contribution in [2.24, 2.45) is 5.73 Å². The second kappa shape index (κ2) is 9.39. The molecule has 0 radical (unpaired) electrons. The van der Waals surface area contributed by atoms with Gasteiger partial charge < -0.3 is 40.9 Å². The average molecular weight is 479 g/mol. The number of anilines is 3. The maximum absolute atomic E-state index is 11.5. The first-order chi connectivity index (χ1) is 15.7. The van der Waals surface area contributed by atoms with Crippen LogP contribution in [0.3, 0.4) is 0 Å². The van der Waals surface area contributed by atoms with Crippen LogP contribution >= 0.6 is 11.3 Å². The number of hydrogen-bond acceptors (Lipinski definition) is 11. The molecule has 6 N–H and O–H groups in total. The van der Waals surface area contributed by atoms with Crippen molar-refractivity contribution in [3.05, 3.63) is 28.7 Å². The quantitative estimate of drug-likeness (QED) is 0.329. The molecule has 4 rings (SSSR count). The van der Waals surface area contributed by atoms with Crippen molar-refractivity contribution in [2.45, 2.75) is 56.8 Å². The summed E-state index contributed by atoms with van der Waals surface area (Å²) in [4.78, 5) is 25.2. The van der Waals surface area contributed by atoms with Crippen molar-refractivity contribution in [2.75, 3.05) is 34.9 Å². The van der Waals surface area contributed by atoms with Gasteiger partial charge in [-0.3, -0.25) is 4.79 Å². The minimum absolute atomic E-state index is 0.121. The van der Waals surface area contributed by atoms with Gasteiger partial charge in [0.1, 0.15) is 30.3 Å². The Hall–Kier alpha value is -2.51. The van der Waals surface area contributed by atoms with E-state index in [1.54, 1.807) is 16.2 Å². The molecule has 2 aliphatic heterocycles. The summed E-state index contributed by atoms with van der Waals surface area (Å²) in [5.74, 6) is 0.645. The van der Waals surface area contributed by atoms with Crippen molar-refractivity contribution in [3.63, 3.8) is 0 Å². The Kier molecular flexibility index (Phi) is 6.73. The highest BCUT2D eigenvalue weighted by Crippen LogP contribution is 2.43. The zero-order valence-electron chi connectivity index (χ0n) is 18.6. The number of primary amides is 1. The number of ether oxygens (including phenoxy) is 1. The molecule has 0 aromatic carbocycles. The molecular weight excluding hydrogens is 448 g/mol. The van der Waals surface area contributed by atoms with Gasteiger partial charge in [-0.25, -0.2) is 9.97 Å². The Morgan fingerprint density at radius 1 is 1.36 bits per heavy atom. The van der Waals surface area contributed by atoms with Crippen LogP contribution in [0.25, 0.3) is 0 Å². The van der Waals surface area contributed by atoms with Gasteiger partial charge in [-0.15, -0.1) is 11.3 Å². The third-order valence-corrected chi connectivity index (χ3v) is 6.70. The lowest BCUT2D eigenvalue weighted by Crippen LogP contribution is -2.46. The highest BCUT2D eigenvalue weighted by Gasteiger charge is 2.48. The van der Waals surface area contributed by atoms with Gasteiger partial charge in [0.15, 0.2) is 17.9 Å². The first-order valence-electron chi connectivity index (χ1n) is 10.8. The molecule has 4 atom stereocenters. The molecule has 2 aromatic rings.